The number of ether oxygens (including phenoxy) is 1. The van der Waals surface area contributed by atoms with E-state index in [0.29, 0.717) is 37.4 Å². The van der Waals surface area contributed by atoms with Crippen molar-refractivity contribution in [3.05, 3.63) is 65.0 Å². The van der Waals surface area contributed by atoms with Gasteiger partial charge in [0.05, 0.1) is 17.5 Å². The second kappa shape index (κ2) is 8.18. The molecule has 1 aromatic carbocycles. The Balaban J connectivity index is 1.15. The Labute approximate surface area is 205 Å². The Morgan fingerprint density at radius 2 is 1.77 bits per heavy atom. The van der Waals surface area contributed by atoms with E-state index in [4.69, 9.17) is 4.74 Å². The van der Waals surface area contributed by atoms with Crippen LogP contribution in [0.5, 0.6) is 0 Å². The maximum Gasteiger partial charge on any atom is 0.341 e. The fourth-order valence-electron chi connectivity index (χ4n) is 6.31. The van der Waals surface area contributed by atoms with Gasteiger partial charge in [-0.2, -0.15) is 0 Å². The summed E-state index contributed by atoms with van der Waals surface area (Å²) in [5.41, 5.74) is 2.56. The molecule has 2 aromatic rings. The molecule has 35 heavy (non-hydrogen) atoms. The van der Waals surface area contributed by atoms with Gasteiger partial charge >= 0.3 is 5.97 Å². The van der Waals surface area contributed by atoms with Gasteiger partial charge in [0.1, 0.15) is 0 Å². The third kappa shape index (κ3) is 3.55. The number of benzene rings is 1. The number of likely N-dealkylation sites (tertiary alicyclic amines) is 2. The van der Waals surface area contributed by atoms with Crippen LogP contribution in [0.25, 0.3) is 0 Å². The molecule has 182 valence electrons. The molecule has 1 aliphatic carbocycles. The number of amides is 2. The first kappa shape index (κ1) is 22.3. The molecular formula is C28H31N3O4. The molecule has 7 nitrogen and oxygen atoms in total. The third-order valence-electron chi connectivity index (χ3n) is 8.58. The third-order valence-corrected chi connectivity index (χ3v) is 8.58. The van der Waals surface area contributed by atoms with Gasteiger partial charge in [-0.05, 0) is 48.8 Å². The van der Waals surface area contributed by atoms with E-state index >= 15 is 0 Å². The highest BCUT2D eigenvalue weighted by Gasteiger charge is 2.57. The average Bonchev–Trinajstić information content (AvgIpc) is 3.54. The molecule has 4 aliphatic rings. The minimum Gasteiger partial charge on any atom is -0.449 e. The Hall–Kier alpha value is -3.22. The number of fused-ring (bicyclic) bond motifs is 2. The summed E-state index contributed by atoms with van der Waals surface area (Å²) in [6, 6.07) is 10.5. The first-order chi connectivity index (χ1) is 17.0. The van der Waals surface area contributed by atoms with Crippen LogP contribution in [0.4, 0.5) is 0 Å². The van der Waals surface area contributed by atoms with Crippen molar-refractivity contribution >= 4 is 17.8 Å². The van der Waals surface area contributed by atoms with Crippen molar-refractivity contribution in [1.29, 1.82) is 0 Å². The standard InChI is InChI=1S/C28H31N3O4/c1-2-24(32)30-14-8-20(9-15-30)19-3-5-21(6-4-19)27(10-11-27)26(34)31-16-12-28(18-31)23-7-13-29-17-22(23)25(33)35-28/h3-7,13,17,20H,2,8-12,14-16,18H2,1H3/t28-/m0/s1. The Morgan fingerprint density at radius 3 is 2.46 bits per heavy atom. The van der Waals surface area contributed by atoms with Crippen LogP contribution >= 0.6 is 0 Å². The topological polar surface area (TPSA) is 79.8 Å². The lowest BCUT2D eigenvalue weighted by molar-refractivity contribution is -0.134. The summed E-state index contributed by atoms with van der Waals surface area (Å²) in [4.78, 5) is 46.0. The summed E-state index contributed by atoms with van der Waals surface area (Å²) in [5, 5.41) is 0. The molecule has 1 aromatic heterocycles. The van der Waals surface area contributed by atoms with Crippen molar-refractivity contribution < 1.29 is 19.1 Å². The summed E-state index contributed by atoms with van der Waals surface area (Å²) in [6.07, 6.45) is 8.12. The highest BCUT2D eigenvalue weighted by molar-refractivity contribution is 5.95. The van der Waals surface area contributed by atoms with Crippen LogP contribution in [0.1, 0.15) is 78.4 Å². The number of hydrogen-bond donors (Lipinski definition) is 0. The van der Waals surface area contributed by atoms with E-state index in [9.17, 15) is 14.4 Å². The fourth-order valence-corrected chi connectivity index (χ4v) is 6.31. The van der Waals surface area contributed by atoms with Crippen molar-refractivity contribution in [3.8, 4) is 0 Å². The summed E-state index contributed by atoms with van der Waals surface area (Å²) >= 11 is 0. The molecule has 2 saturated heterocycles. The quantitative estimate of drug-likeness (QED) is 0.635. The number of pyridine rings is 1. The number of nitrogens with zero attached hydrogens (tertiary/aromatic N) is 3. The van der Waals surface area contributed by atoms with Gasteiger partial charge in [0.2, 0.25) is 11.8 Å². The second-order valence-corrected chi connectivity index (χ2v) is 10.5. The van der Waals surface area contributed by atoms with E-state index in [1.54, 1.807) is 12.4 Å². The Morgan fingerprint density at radius 1 is 1.03 bits per heavy atom. The molecule has 3 fully saturated rings. The van der Waals surface area contributed by atoms with Crippen LogP contribution in [0.3, 0.4) is 0 Å². The molecule has 0 bridgehead atoms. The normalized spacial score (nSPS) is 25.0. The summed E-state index contributed by atoms with van der Waals surface area (Å²) in [6.45, 7) is 4.55. The smallest absolute Gasteiger partial charge is 0.341 e. The Bertz CT molecular complexity index is 1180. The lowest BCUT2D eigenvalue weighted by Crippen LogP contribution is -2.40. The molecule has 1 saturated carbocycles. The molecule has 0 unspecified atom stereocenters. The predicted molar refractivity (Wildman–Crippen MR) is 129 cm³/mol. The zero-order valence-corrected chi connectivity index (χ0v) is 20.2. The summed E-state index contributed by atoms with van der Waals surface area (Å²) in [5.74, 6) is 0.501. The van der Waals surface area contributed by atoms with Gasteiger partial charge in [0.15, 0.2) is 5.60 Å². The minimum atomic E-state index is -0.737. The van der Waals surface area contributed by atoms with E-state index in [1.165, 1.54) is 5.56 Å². The van der Waals surface area contributed by atoms with Crippen molar-refractivity contribution in [2.75, 3.05) is 26.2 Å². The maximum absolute atomic E-state index is 13.7. The summed E-state index contributed by atoms with van der Waals surface area (Å²) < 4.78 is 5.81. The lowest BCUT2D eigenvalue weighted by Gasteiger charge is -2.32. The maximum atomic E-state index is 13.7. The molecule has 6 rings (SSSR count). The minimum absolute atomic E-state index is 0.145. The van der Waals surface area contributed by atoms with Crippen LogP contribution in [0.15, 0.2) is 42.7 Å². The monoisotopic (exact) mass is 473 g/mol. The largest absolute Gasteiger partial charge is 0.449 e. The molecule has 1 atom stereocenters. The van der Waals surface area contributed by atoms with Crippen LogP contribution in [0.2, 0.25) is 0 Å². The number of rotatable bonds is 4. The Kier molecular flexibility index (Phi) is 5.20. The SMILES string of the molecule is CCC(=O)N1CCC(c2ccc(C3(C(=O)N4CC[C@@]5(C4)OC(=O)c4cnccc45)CC3)cc2)CC1. The van der Waals surface area contributed by atoms with Gasteiger partial charge < -0.3 is 14.5 Å². The van der Waals surface area contributed by atoms with E-state index in [2.05, 4.69) is 29.2 Å². The molecule has 0 radical (unpaired) electrons. The molecule has 4 heterocycles. The molecule has 1 spiro atoms. The van der Waals surface area contributed by atoms with Crippen molar-refractivity contribution in [3.63, 3.8) is 0 Å². The number of piperidine rings is 1. The first-order valence-electron chi connectivity index (χ1n) is 12.8. The highest BCUT2D eigenvalue weighted by atomic mass is 16.6. The van der Waals surface area contributed by atoms with Gasteiger partial charge in [-0.3, -0.25) is 14.6 Å². The van der Waals surface area contributed by atoms with Crippen LogP contribution in [0, 0.1) is 0 Å². The van der Waals surface area contributed by atoms with Crippen LogP contribution in [-0.4, -0.2) is 58.7 Å². The van der Waals surface area contributed by atoms with Gasteiger partial charge in [0.25, 0.3) is 0 Å². The lowest BCUT2D eigenvalue weighted by atomic mass is 9.86. The molecule has 2 amide bonds. The number of carbonyl (C=O) groups excluding carboxylic acids is 3. The van der Waals surface area contributed by atoms with Gasteiger partial charge in [-0.15, -0.1) is 0 Å². The van der Waals surface area contributed by atoms with Gasteiger partial charge in [0, 0.05) is 50.4 Å². The van der Waals surface area contributed by atoms with Crippen LogP contribution < -0.4 is 0 Å². The van der Waals surface area contributed by atoms with E-state index in [1.807, 2.05) is 22.8 Å². The van der Waals surface area contributed by atoms with Crippen molar-refractivity contribution in [1.82, 2.24) is 14.8 Å². The predicted octanol–water partition coefficient (Wildman–Crippen LogP) is 3.53. The van der Waals surface area contributed by atoms with E-state index < -0.39 is 11.0 Å². The van der Waals surface area contributed by atoms with Crippen LogP contribution in [-0.2, 0) is 25.3 Å². The van der Waals surface area contributed by atoms with Crippen molar-refractivity contribution in [2.24, 2.45) is 0 Å². The zero-order valence-electron chi connectivity index (χ0n) is 20.2. The van der Waals surface area contributed by atoms with E-state index in [0.717, 1.165) is 49.9 Å². The molecular weight excluding hydrogens is 442 g/mol. The van der Waals surface area contributed by atoms with E-state index in [-0.39, 0.29) is 17.8 Å². The van der Waals surface area contributed by atoms with Crippen molar-refractivity contribution in [2.45, 2.75) is 62.4 Å². The molecule has 0 N–H and O–H groups in total. The average molecular weight is 474 g/mol. The highest BCUT2D eigenvalue weighted by Crippen LogP contribution is 2.52. The van der Waals surface area contributed by atoms with Gasteiger partial charge in [-0.25, -0.2) is 4.79 Å². The fraction of sp³-hybridized carbons (Fsp3) is 0.500. The first-order valence-corrected chi connectivity index (χ1v) is 12.8. The van der Waals surface area contributed by atoms with Gasteiger partial charge in [-0.1, -0.05) is 31.2 Å². The number of aromatic nitrogens is 1. The summed E-state index contributed by atoms with van der Waals surface area (Å²) in [7, 11) is 0. The zero-order chi connectivity index (χ0) is 24.2. The number of hydrogen-bond acceptors (Lipinski definition) is 5. The molecule has 7 heteroatoms. The number of esters is 1. The second-order valence-electron chi connectivity index (χ2n) is 10.5. The molecule has 3 aliphatic heterocycles. The number of carbonyl (C=O) groups is 3.